The Labute approximate surface area is 145 Å². The maximum Gasteiger partial charge on any atom is 0.321 e. The number of halogens is 1. The van der Waals surface area contributed by atoms with Crippen LogP contribution in [0, 0.1) is 5.82 Å². The number of rotatable bonds is 3. The number of para-hydroxylation sites is 1. The maximum atomic E-state index is 13.3. The minimum atomic E-state index is -3.76. The van der Waals surface area contributed by atoms with E-state index in [4.69, 9.17) is 0 Å². The molecule has 25 heavy (non-hydrogen) atoms. The Morgan fingerprint density at radius 1 is 0.960 bits per heavy atom. The minimum Gasteiger partial charge on any atom is -0.322 e. The zero-order chi connectivity index (χ0) is 17.9. The van der Waals surface area contributed by atoms with Gasteiger partial charge in [0.05, 0.1) is 4.90 Å². The van der Waals surface area contributed by atoms with E-state index >= 15 is 0 Å². The van der Waals surface area contributed by atoms with Crippen LogP contribution in [-0.4, -0.2) is 49.8 Å². The summed E-state index contributed by atoms with van der Waals surface area (Å²) in [5, 5.41) is 2.77. The third-order valence-electron chi connectivity index (χ3n) is 3.98. The van der Waals surface area contributed by atoms with Crippen molar-refractivity contribution in [2.75, 3.05) is 31.5 Å². The number of nitrogens with one attached hydrogen (secondary N) is 1. The molecule has 1 fully saturated rings. The van der Waals surface area contributed by atoms with Crippen LogP contribution in [0.3, 0.4) is 0 Å². The van der Waals surface area contributed by atoms with E-state index in [1.54, 1.807) is 17.0 Å². The summed E-state index contributed by atoms with van der Waals surface area (Å²) in [6.07, 6.45) is 0. The zero-order valence-corrected chi connectivity index (χ0v) is 14.2. The Hall–Kier alpha value is -2.45. The Morgan fingerprint density at radius 3 is 2.28 bits per heavy atom. The molecule has 2 amide bonds. The second-order valence-corrected chi connectivity index (χ2v) is 7.58. The monoisotopic (exact) mass is 363 g/mol. The number of nitrogens with zero attached hydrogens (tertiary/aromatic N) is 2. The van der Waals surface area contributed by atoms with Crippen molar-refractivity contribution in [1.82, 2.24) is 9.21 Å². The number of carbonyl (C=O) groups is 1. The van der Waals surface area contributed by atoms with Crippen molar-refractivity contribution in [1.29, 1.82) is 0 Å². The van der Waals surface area contributed by atoms with Crippen molar-refractivity contribution in [3.05, 3.63) is 60.4 Å². The molecule has 0 aromatic heterocycles. The van der Waals surface area contributed by atoms with E-state index in [1.807, 2.05) is 18.2 Å². The van der Waals surface area contributed by atoms with Crippen molar-refractivity contribution < 1.29 is 17.6 Å². The van der Waals surface area contributed by atoms with E-state index < -0.39 is 15.8 Å². The lowest BCUT2D eigenvalue weighted by atomic mass is 10.3. The molecule has 8 heteroatoms. The van der Waals surface area contributed by atoms with E-state index in [0.717, 1.165) is 6.07 Å². The van der Waals surface area contributed by atoms with Gasteiger partial charge < -0.3 is 10.2 Å². The second-order valence-electron chi connectivity index (χ2n) is 5.64. The van der Waals surface area contributed by atoms with E-state index in [0.29, 0.717) is 5.69 Å². The standard InChI is InChI=1S/C17H18FN3O3S/c18-14-5-4-8-16(13-14)25(23,24)21-11-9-20(10-12-21)17(22)19-15-6-2-1-3-7-15/h1-8,13H,9-12H2,(H,19,22). The largest absolute Gasteiger partial charge is 0.322 e. The number of amides is 2. The molecule has 3 rings (SSSR count). The van der Waals surface area contributed by atoms with Gasteiger partial charge in [-0.3, -0.25) is 0 Å². The molecule has 2 aromatic rings. The number of hydrogen-bond acceptors (Lipinski definition) is 3. The number of sulfonamides is 1. The Balaban J connectivity index is 1.62. The fourth-order valence-corrected chi connectivity index (χ4v) is 4.09. The van der Waals surface area contributed by atoms with Gasteiger partial charge in [-0.05, 0) is 30.3 Å². The molecule has 1 saturated heterocycles. The third-order valence-corrected chi connectivity index (χ3v) is 5.88. The molecule has 0 atom stereocenters. The van der Waals surface area contributed by atoms with Gasteiger partial charge in [-0.15, -0.1) is 0 Å². The summed E-state index contributed by atoms with van der Waals surface area (Å²) < 4.78 is 39.7. The summed E-state index contributed by atoms with van der Waals surface area (Å²) in [5.74, 6) is -0.595. The van der Waals surface area contributed by atoms with Crippen LogP contribution in [0.2, 0.25) is 0 Å². The Kier molecular flexibility index (Phi) is 5.00. The van der Waals surface area contributed by atoms with Gasteiger partial charge in [0.15, 0.2) is 0 Å². The van der Waals surface area contributed by atoms with Gasteiger partial charge in [-0.1, -0.05) is 24.3 Å². The molecule has 0 unspecified atom stereocenters. The van der Waals surface area contributed by atoms with Gasteiger partial charge in [0.2, 0.25) is 10.0 Å². The van der Waals surface area contributed by atoms with E-state index in [9.17, 15) is 17.6 Å². The smallest absolute Gasteiger partial charge is 0.321 e. The highest BCUT2D eigenvalue weighted by atomic mass is 32.2. The third kappa shape index (κ3) is 3.97. The Bertz CT molecular complexity index is 850. The summed E-state index contributed by atoms with van der Waals surface area (Å²) in [4.78, 5) is 13.7. The molecule has 6 nitrogen and oxygen atoms in total. The summed E-state index contributed by atoms with van der Waals surface area (Å²) in [7, 11) is -3.76. The first-order valence-electron chi connectivity index (χ1n) is 7.83. The normalized spacial score (nSPS) is 15.8. The number of benzene rings is 2. The summed E-state index contributed by atoms with van der Waals surface area (Å²) in [6, 6.07) is 13.7. The average molecular weight is 363 g/mol. The van der Waals surface area contributed by atoms with Crippen molar-refractivity contribution in [3.63, 3.8) is 0 Å². The number of hydrogen-bond donors (Lipinski definition) is 1. The predicted octanol–water partition coefficient (Wildman–Crippen LogP) is 2.36. The zero-order valence-electron chi connectivity index (χ0n) is 13.4. The Morgan fingerprint density at radius 2 is 1.64 bits per heavy atom. The molecule has 0 spiro atoms. The van der Waals surface area contributed by atoms with Gasteiger partial charge >= 0.3 is 6.03 Å². The van der Waals surface area contributed by atoms with E-state index in [1.165, 1.54) is 22.5 Å². The fourth-order valence-electron chi connectivity index (χ4n) is 2.63. The van der Waals surface area contributed by atoms with Crippen molar-refractivity contribution in [2.24, 2.45) is 0 Å². The van der Waals surface area contributed by atoms with Gasteiger partial charge in [-0.2, -0.15) is 4.31 Å². The predicted molar refractivity (Wildman–Crippen MR) is 92.2 cm³/mol. The molecule has 2 aromatic carbocycles. The lowest BCUT2D eigenvalue weighted by Gasteiger charge is -2.34. The summed E-state index contributed by atoms with van der Waals surface area (Å²) in [6.45, 7) is 0.878. The van der Waals surface area contributed by atoms with Crippen LogP contribution in [0.15, 0.2) is 59.5 Å². The first kappa shape index (κ1) is 17.4. The van der Waals surface area contributed by atoms with Crippen LogP contribution >= 0.6 is 0 Å². The van der Waals surface area contributed by atoms with Crippen molar-refractivity contribution in [2.45, 2.75) is 4.90 Å². The van der Waals surface area contributed by atoms with Crippen LogP contribution in [0.1, 0.15) is 0 Å². The summed E-state index contributed by atoms with van der Waals surface area (Å²) in [5.41, 5.74) is 0.683. The lowest BCUT2D eigenvalue weighted by molar-refractivity contribution is 0.184. The number of anilines is 1. The average Bonchev–Trinajstić information content (AvgIpc) is 2.62. The van der Waals surface area contributed by atoms with Gasteiger partial charge in [0, 0.05) is 31.9 Å². The first-order valence-corrected chi connectivity index (χ1v) is 9.27. The molecule has 132 valence electrons. The lowest BCUT2D eigenvalue weighted by Crippen LogP contribution is -2.51. The molecular formula is C17H18FN3O3S. The molecular weight excluding hydrogens is 345 g/mol. The molecule has 1 aliphatic rings. The molecule has 0 radical (unpaired) electrons. The van der Waals surface area contributed by atoms with Crippen LogP contribution in [0.4, 0.5) is 14.9 Å². The number of piperazine rings is 1. The fraction of sp³-hybridized carbons (Fsp3) is 0.235. The van der Waals surface area contributed by atoms with Gasteiger partial charge in [-0.25, -0.2) is 17.6 Å². The highest BCUT2D eigenvalue weighted by molar-refractivity contribution is 7.89. The molecule has 0 bridgehead atoms. The van der Waals surface area contributed by atoms with Crippen molar-refractivity contribution in [3.8, 4) is 0 Å². The maximum absolute atomic E-state index is 13.3. The van der Waals surface area contributed by atoms with Crippen LogP contribution < -0.4 is 5.32 Å². The summed E-state index contributed by atoms with van der Waals surface area (Å²) >= 11 is 0. The number of carbonyl (C=O) groups excluding carboxylic acids is 1. The van der Waals surface area contributed by atoms with Crippen LogP contribution in [0.25, 0.3) is 0 Å². The van der Waals surface area contributed by atoms with Crippen LogP contribution in [-0.2, 0) is 10.0 Å². The molecule has 1 N–H and O–H groups in total. The molecule has 1 heterocycles. The molecule has 0 aliphatic carbocycles. The first-order chi connectivity index (χ1) is 12.0. The van der Waals surface area contributed by atoms with Crippen molar-refractivity contribution >= 4 is 21.7 Å². The second kappa shape index (κ2) is 7.20. The van der Waals surface area contributed by atoms with E-state index in [-0.39, 0.29) is 37.1 Å². The van der Waals surface area contributed by atoms with Gasteiger partial charge in [0.1, 0.15) is 5.82 Å². The van der Waals surface area contributed by atoms with E-state index in [2.05, 4.69) is 5.32 Å². The quantitative estimate of drug-likeness (QED) is 0.910. The van der Waals surface area contributed by atoms with Crippen LogP contribution in [0.5, 0.6) is 0 Å². The highest BCUT2D eigenvalue weighted by Crippen LogP contribution is 2.19. The SMILES string of the molecule is O=C(Nc1ccccc1)N1CCN(S(=O)(=O)c2cccc(F)c2)CC1. The topological polar surface area (TPSA) is 69.7 Å². The highest BCUT2D eigenvalue weighted by Gasteiger charge is 2.30. The number of urea groups is 1. The molecule has 1 aliphatic heterocycles. The minimum absolute atomic E-state index is 0.0744. The molecule has 0 saturated carbocycles. The van der Waals surface area contributed by atoms with Gasteiger partial charge in [0.25, 0.3) is 0 Å².